The van der Waals surface area contributed by atoms with Gasteiger partial charge in [-0.15, -0.1) is 0 Å². The number of aromatic nitrogens is 2. The van der Waals surface area contributed by atoms with E-state index in [-0.39, 0.29) is 6.04 Å². The molecule has 4 nitrogen and oxygen atoms in total. The first-order chi connectivity index (χ1) is 11.6. The molecule has 0 amide bonds. The first-order valence-electron chi connectivity index (χ1n) is 9.16. The van der Waals surface area contributed by atoms with E-state index in [1.807, 2.05) is 6.92 Å². The van der Waals surface area contributed by atoms with Crippen molar-refractivity contribution in [1.82, 2.24) is 9.97 Å². The lowest BCUT2D eigenvalue weighted by atomic mass is 9.93. The summed E-state index contributed by atoms with van der Waals surface area (Å²) in [5.74, 6) is 1.94. The maximum absolute atomic E-state index is 4.85. The number of fused-ring (bicyclic) bond motifs is 1. The molecule has 0 saturated carbocycles. The van der Waals surface area contributed by atoms with Crippen LogP contribution in [0.4, 0.5) is 5.82 Å². The van der Waals surface area contributed by atoms with Crippen LogP contribution in [0.2, 0.25) is 0 Å². The lowest BCUT2D eigenvalue weighted by Crippen LogP contribution is -2.28. The summed E-state index contributed by atoms with van der Waals surface area (Å²) < 4.78 is 0. The Bertz CT molecular complexity index is 690. The summed E-state index contributed by atoms with van der Waals surface area (Å²) in [7, 11) is 0. The summed E-state index contributed by atoms with van der Waals surface area (Å²) in [6.07, 6.45) is 11.5. The van der Waals surface area contributed by atoms with Crippen molar-refractivity contribution in [2.45, 2.75) is 59.4 Å². The van der Waals surface area contributed by atoms with Crippen LogP contribution in [0.3, 0.4) is 0 Å². The quantitative estimate of drug-likeness (QED) is 0.807. The van der Waals surface area contributed by atoms with Crippen LogP contribution in [0.5, 0.6) is 0 Å². The first-order valence-corrected chi connectivity index (χ1v) is 9.16. The summed E-state index contributed by atoms with van der Waals surface area (Å²) in [5.41, 5.74) is 4.40. The van der Waals surface area contributed by atoms with Crippen LogP contribution in [0.15, 0.2) is 17.1 Å². The molecule has 0 N–H and O–H groups in total. The number of rotatable bonds is 2. The van der Waals surface area contributed by atoms with Crippen molar-refractivity contribution in [3.8, 4) is 0 Å². The van der Waals surface area contributed by atoms with E-state index in [0.717, 1.165) is 41.7 Å². The minimum Gasteiger partial charge on any atom is -0.356 e. The van der Waals surface area contributed by atoms with E-state index in [2.05, 4.69) is 48.9 Å². The minimum absolute atomic E-state index is 0.272. The summed E-state index contributed by atoms with van der Waals surface area (Å²) in [6, 6.07) is 0.272. The number of hydrogen-bond acceptors (Lipinski definition) is 4. The third-order valence-electron chi connectivity index (χ3n) is 4.57. The highest BCUT2D eigenvalue weighted by atomic mass is 15.2. The Balaban J connectivity index is 2.13. The summed E-state index contributed by atoms with van der Waals surface area (Å²) in [4.78, 5) is 16.8. The van der Waals surface area contributed by atoms with Crippen LogP contribution >= 0.6 is 0 Å². The Labute approximate surface area is 145 Å². The number of aliphatic imine (C=N–C) groups is 1. The van der Waals surface area contributed by atoms with Gasteiger partial charge >= 0.3 is 0 Å². The van der Waals surface area contributed by atoms with Gasteiger partial charge < -0.3 is 4.90 Å². The SMILES string of the molecule is C/C=C1\C(=NC(C)C)C=Cc2nc(C)nc(N3CCCCCC3)c21. The van der Waals surface area contributed by atoms with E-state index >= 15 is 0 Å². The third kappa shape index (κ3) is 3.42. The van der Waals surface area contributed by atoms with Crippen LogP contribution in [-0.4, -0.2) is 34.8 Å². The molecule has 0 unspecified atom stereocenters. The van der Waals surface area contributed by atoms with Crippen molar-refractivity contribution in [2.24, 2.45) is 4.99 Å². The molecule has 0 radical (unpaired) electrons. The maximum atomic E-state index is 4.85. The second kappa shape index (κ2) is 7.29. The van der Waals surface area contributed by atoms with E-state index in [1.54, 1.807) is 0 Å². The lowest BCUT2D eigenvalue weighted by molar-refractivity contribution is 0.726. The van der Waals surface area contributed by atoms with E-state index in [0.29, 0.717) is 0 Å². The van der Waals surface area contributed by atoms with Gasteiger partial charge in [0.05, 0.1) is 17.0 Å². The fourth-order valence-corrected chi connectivity index (χ4v) is 3.53. The third-order valence-corrected chi connectivity index (χ3v) is 4.57. The van der Waals surface area contributed by atoms with Crippen molar-refractivity contribution in [3.05, 3.63) is 29.2 Å². The number of nitrogens with zero attached hydrogens (tertiary/aromatic N) is 4. The van der Waals surface area contributed by atoms with Gasteiger partial charge in [-0.3, -0.25) is 4.99 Å². The maximum Gasteiger partial charge on any atom is 0.140 e. The van der Waals surface area contributed by atoms with Crippen LogP contribution in [-0.2, 0) is 0 Å². The summed E-state index contributed by atoms with van der Waals surface area (Å²) in [6.45, 7) is 10.5. The van der Waals surface area contributed by atoms with Gasteiger partial charge in [0.2, 0.25) is 0 Å². The predicted molar refractivity (Wildman–Crippen MR) is 103 cm³/mol. The van der Waals surface area contributed by atoms with Gasteiger partial charge in [-0.25, -0.2) is 9.97 Å². The molecule has 2 aliphatic rings. The zero-order valence-electron chi connectivity index (χ0n) is 15.3. The molecule has 1 aromatic heterocycles. The number of anilines is 1. The second-order valence-corrected chi connectivity index (χ2v) is 6.90. The van der Waals surface area contributed by atoms with Gasteiger partial charge in [-0.2, -0.15) is 0 Å². The average Bonchev–Trinajstić information content (AvgIpc) is 2.83. The number of allylic oxidation sites excluding steroid dienone is 3. The molecule has 4 heteroatoms. The van der Waals surface area contributed by atoms with E-state index in [1.165, 1.54) is 31.3 Å². The van der Waals surface area contributed by atoms with Gasteiger partial charge in [-0.1, -0.05) is 18.9 Å². The van der Waals surface area contributed by atoms with Gasteiger partial charge in [0.25, 0.3) is 0 Å². The second-order valence-electron chi connectivity index (χ2n) is 6.90. The Morgan fingerprint density at radius 2 is 1.79 bits per heavy atom. The zero-order valence-corrected chi connectivity index (χ0v) is 15.3. The largest absolute Gasteiger partial charge is 0.356 e. The molecular weight excluding hydrogens is 296 g/mol. The fourth-order valence-electron chi connectivity index (χ4n) is 3.53. The molecule has 24 heavy (non-hydrogen) atoms. The van der Waals surface area contributed by atoms with Crippen molar-refractivity contribution in [3.63, 3.8) is 0 Å². The van der Waals surface area contributed by atoms with E-state index in [4.69, 9.17) is 9.98 Å². The summed E-state index contributed by atoms with van der Waals surface area (Å²) in [5, 5.41) is 0. The van der Waals surface area contributed by atoms with Crippen LogP contribution in [0.1, 0.15) is 63.5 Å². The number of aryl methyl sites for hydroxylation is 1. The molecule has 1 saturated heterocycles. The molecule has 128 valence electrons. The van der Waals surface area contributed by atoms with Gasteiger partial charge in [-0.05, 0) is 52.7 Å². The molecule has 3 rings (SSSR count). The molecule has 0 aromatic carbocycles. The Morgan fingerprint density at radius 1 is 1.08 bits per heavy atom. The van der Waals surface area contributed by atoms with Crippen LogP contribution < -0.4 is 4.90 Å². The van der Waals surface area contributed by atoms with Crippen molar-refractivity contribution in [1.29, 1.82) is 0 Å². The molecule has 0 bridgehead atoms. The molecule has 1 aliphatic carbocycles. The first kappa shape index (κ1) is 16.9. The summed E-state index contributed by atoms with van der Waals surface area (Å²) >= 11 is 0. The molecule has 0 atom stereocenters. The molecule has 1 aromatic rings. The topological polar surface area (TPSA) is 41.4 Å². The normalized spacial score (nSPS) is 21.5. The van der Waals surface area contributed by atoms with Crippen molar-refractivity contribution < 1.29 is 0 Å². The molecule has 2 heterocycles. The fraction of sp³-hybridized carbons (Fsp3) is 0.550. The minimum atomic E-state index is 0.272. The van der Waals surface area contributed by atoms with Gasteiger partial charge in [0.15, 0.2) is 0 Å². The highest BCUT2D eigenvalue weighted by Gasteiger charge is 2.25. The molecule has 1 fully saturated rings. The average molecular weight is 324 g/mol. The van der Waals surface area contributed by atoms with Gasteiger partial charge in [0, 0.05) is 24.7 Å². The van der Waals surface area contributed by atoms with Crippen LogP contribution in [0, 0.1) is 6.92 Å². The van der Waals surface area contributed by atoms with Crippen molar-refractivity contribution >= 4 is 23.2 Å². The number of hydrogen-bond donors (Lipinski definition) is 0. The smallest absolute Gasteiger partial charge is 0.140 e. The Kier molecular flexibility index (Phi) is 5.12. The van der Waals surface area contributed by atoms with Crippen molar-refractivity contribution in [2.75, 3.05) is 18.0 Å². The Hall–Kier alpha value is -1.97. The lowest BCUT2D eigenvalue weighted by Gasteiger charge is -2.27. The van der Waals surface area contributed by atoms with Crippen LogP contribution in [0.25, 0.3) is 11.6 Å². The monoisotopic (exact) mass is 324 g/mol. The van der Waals surface area contributed by atoms with E-state index < -0.39 is 0 Å². The zero-order chi connectivity index (χ0) is 17.1. The van der Waals surface area contributed by atoms with E-state index in [9.17, 15) is 0 Å². The molecular formula is C20H28N4. The predicted octanol–water partition coefficient (Wildman–Crippen LogP) is 4.44. The standard InChI is InChI=1S/C20H28N4/c1-5-16-17(21-14(2)3)10-11-18-19(16)20(23-15(4)22-18)24-12-8-6-7-9-13-24/h5,10-11,14H,6-9,12-13H2,1-4H3/b16-5+,21-17?. The Morgan fingerprint density at radius 3 is 2.42 bits per heavy atom. The molecule has 1 aliphatic heterocycles. The highest BCUT2D eigenvalue weighted by Crippen LogP contribution is 2.34. The highest BCUT2D eigenvalue weighted by molar-refractivity contribution is 6.33. The van der Waals surface area contributed by atoms with Gasteiger partial charge in [0.1, 0.15) is 11.6 Å². The molecule has 0 spiro atoms.